The van der Waals surface area contributed by atoms with E-state index in [4.69, 9.17) is 4.74 Å². The van der Waals surface area contributed by atoms with Crippen molar-refractivity contribution >= 4 is 0 Å². The molecule has 1 unspecified atom stereocenters. The summed E-state index contributed by atoms with van der Waals surface area (Å²) in [6, 6.07) is 2.08. The highest BCUT2D eigenvalue weighted by Crippen LogP contribution is 2.29. The van der Waals surface area contributed by atoms with Crippen LogP contribution >= 0.6 is 0 Å². The van der Waals surface area contributed by atoms with Gasteiger partial charge in [-0.3, -0.25) is 9.88 Å². The summed E-state index contributed by atoms with van der Waals surface area (Å²) in [7, 11) is 2.14. The Morgan fingerprint density at radius 1 is 1.29 bits per heavy atom. The Bertz CT molecular complexity index is 855. The van der Waals surface area contributed by atoms with E-state index in [1.807, 2.05) is 17.1 Å². The van der Waals surface area contributed by atoms with Gasteiger partial charge in [-0.2, -0.15) is 0 Å². The number of rotatable bonds is 6. The van der Waals surface area contributed by atoms with Crippen molar-refractivity contribution in [2.75, 3.05) is 26.7 Å². The number of aromatic nitrogens is 4. The van der Waals surface area contributed by atoms with Crippen LogP contribution in [0.15, 0.2) is 18.5 Å². The predicted molar refractivity (Wildman–Crippen MR) is 109 cm³/mol. The van der Waals surface area contributed by atoms with Crippen LogP contribution in [0.5, 0.6) is 0 Å². The monoisotopic (exact) mass is 379 g/mol. The van der Waals surface area contributed by atoms with E-state index in [2.05, 4.69) is 52.1 Å². The van der Waals surface area contributed by atoms with Crippen LogP contribution in [0.2, 0.25) is 0 Å². The highest BCUT2D eigenvalue weighted by molar-refractivity contribution is 5.58. The van der Waals surface area contributed by atoms with Crippen molar-refractivity contribution < 1.29 is 4.74 Å². The predicted octanol–water partition coefficient (Wildman–Crippen LogP) is 2.91. The van der Waals surface area contributed by atoms with E-state index in [0.29, 0.717) is 0 Å². The third-order valence-corrected chi connectivity index (χ3v) is 5.37. The summed E-state index contributed by atoms with van der Waals surface area (Å²) in [5, 5.41) is 8.57. The van der Waals surface area contributed by atoms with Gasteiger partial charge in [-0.05, 0) is 63.6 Å². The van der Waals surface area contributed by atoms with Crippen LogP contribution < -0.4 is 0 Å². The molecule has 4 rings (SSSR count). The van der Waals surface area contributed by atoms with Gasteiger partial charge in [-0.25, -0.2) is 4.68 Å². The zero-order chi connectivity index (χ0) is 19.3. The third kappa shape index (κ3) is 5.18. The molecule has 2 aliphatic rings. The first kappa shape index (κ1) is 19.1. The van der Waals surface area contributed by atoms with Crippen molar-refractivity contribution in [3.8, 4) is 23.2 Å². The molecule has 6 nitrogen and oxygen atoms in total. The van der Waals surface area contributed by atoms with Crippen molar-refractivity contribution in [1.29, 1.82) is 0 Å². The fourth-order valence-corrected chi connectivity index (χ4v) is 3.65. The molecule has 2 fully saturated rings. The van der Waals surface area contributed by atoms with Crippen LogP contribution in [0.1, 0.15) is 43.2 Å². The lowest BCUT2D eigenvalue weighted by molar-refractivity contribution is 0.00370. The number of hydrogen-bond donors (Lipinski definition) is 0. The van der Waals surface area contributed by atoms with Gasteiger partial charge >= 0.3 is 0 Å². The Morgan fingerprint density at radius 2 is 2.18 bits per heavy atom. The maximum Gasteiger partial charge on any atom is 0.131 e. The van der Waals surface area contributed by atoms with Gasteiger partial charge < -0.3 is 4.74 Å². The minimum atomic E-state index is 0.244. The van der Waals surface area contributed by atoms with Crippen LogP contribution in [0.4, 0.5) is 0 Å². The van der Waals surface area contributed by atoms with Crippen molar-refractivity contribution in [3.05, 3.63) is 29.6 Å². The summed E-state index contributed by atoms with van der Waals surface area (Å²) in [5.74, 6) is 7.39. The molecule has 28 heavy (non-hydrogen) atoms. The molecule has 6 heteroatoms. The van der Waals surface area contributed by atoms with E-state index >= 15 is 0 Å². The standard InChI is InChI=1S/C22H29N5O/c1-17-12-19(6-5-10-26(2)14-18-8-9-18)13-23-22(17)21-16-27(25-24-21)15-20-7-3-4-11-28-20/h12-13,16,18,20H,3-4,7-11,14-15H2,1-2H3. The molecule has 0 spiro atoms. The van der Waals surface area contributed by atoms with E-state index in [1.165, 1.54) is 19.3 Å². The van der Waals surface area contributed by atoms with Gasteiger partial charge in [0.1, 0.15) is 5.69 Å². The first-order valence-electron chi connectivity index (χ1n) is 10.3. The Balaban J connectivity index is 1.37. The molecular formula is C22H29N5O. The van der Waals surface area contributed by atoms with E-state index in [-0.39, 0.29) is 6.10 Å². The van der Waals surface area contributed by atoms with Gasteiger partial charge in [-0.1, -0.05) is 17.1 Å². The van der Waals surface area contributed by atoms with Crippen LogP contribution in [-0.4, -0.2) is 57.7 Å². The summed E-state index contributed by atoms with van der Waals surface area (Å²) in [6.07, 6.45) is 10.3. The van der Waals surface area contributed by atoms with E-state index in [1.54, 1.807) is 0 Å². The zero-order valence-corrected chi connectivity index (χ0v) is 16.9. The van der Waals surface area contributed by atoms with Gasteiger partial charge in [0.05, 0.1) is 31.1 Å². The maximum absolute atomic E-state index is 5.79. The van der Waals surface area contributed by atoms with Crippen molar-refractivity contribution in [2.45, 2.75) is 51.7 Å². The van der Waals surface area contributed by atoms with Crippen LogP contribution in [0, 0.1) is 24.7 Å². The first-order valence-corrected chi connectivity index (χ1v) is 10.3. The Morgan fingerprint density at radius 3 is 2.93 bits per heavy atom. The van der Waals surface area contributed by atoms with Crippen molar-refractivity contribution in [1.82, 2.24) is 24.9 Å². The lowest BCUT2D eigenvalue weighted by atomic mass is 10.1. The summed E-state index contributed by atoms with van der Waals surface area (Å²) in [5.41, 5.74) is 3.69. The first-order chi connectivity index (χ1) is 13.7. The maximum atomic E-state index is 5.79. The average Bonchev–Trinajstić information content (AvgIpc) is 3.38. The van der Waals surface area contributed by atoms with Crippen molar-refractivity contribution in [3.63, 3.8) is 0 Å². The zero-order valence-electron chi connectivity index (χ0n) is 16.9. The van der Waals surface area contributed by atoms with E-state index < -0.39 is 0 Å². The molecule has 0 bridgehead atoms. The van der Waals surface area contributed by atoms with Gasteiger partial charge in [-0.15, -0.1) is 5.10 Å². The summed E-state index contributed by atoms with van der Waals surface area (Å²) in [6.45, 7) is 5.62. The second-order valence-electron chi connectivity index (χ2n) is 8.15. The molecule has 0 amide bonds. The van der Waals surface area contributed by atoms with Crippen LogP contribution in [0.3, 0.4) is 0 Å². The summed E-state index contributed by atoms with van der Waals surface area (Å²) in [4.78, 5) is 6.90. The fraction of sp³-hybridized carbons (Fsp3) is 0.591. The molecule has 0 N–H and O–H groups in total. The number of ether oxygens (including phenoxy) is 1. The Labute approximate surface area is 167 Å². The molecule has 2 aromatic rings. The summed E-state index contributed by atoms with van der Waals surface area (Å²) >= 11 is 0. The number of hydrogen-bond acceptors (Lipinski definition) is 5. The average molecular weight is 380 g/mol. The highest BCUT2D eigenvalue weighted by Gasteiger charge is 2.22. The molecular weight excluding hydrogens is 350 g/mol. The molecule has 1 saturated heterocycles. The lowest BCUT2D eigenvalue weighted by Gasteiger charge is -2.21. The van der Waals surface area contributed by atoms with Crippen LogP contribution in [0.25, 0.3) is 11.4 Å². The molecule has 1 saturated carbocycles. The SMILES string of the molecule is Cc1cc(C#CCN(C)CC2CC2)cnc1-c1cn(CC2CCCCO2)nn1. The summed E-state index contributed by atoms with van der Waals surface area (Å²) < 4.78 is 7.66. The molecule has 1 atom stereocenters. The second-order valence-corrected chi connectivity index (χ2v) is 8.15. The topological polar surface area (TPSA) is 56.1 Å². The molecule has 1 aliphatic heterocycles. The van der Waals surface area contributed by atoms with Gasteiger partial charge in [0, 0.05) is 24.9 Å². The molecule has 3 heterocycles. The van der Waals surface area contributed by atoms with Gasteiger partial charge in [0.15, 0.2) is 0 Å². The van der Waals surface area contributed by atoms with Gasteiger partial charge in [0.25, 0.3) is 0 Å². The largest absolute Gasteiger partial charge is 0.376 e. The fourth-order valence-electron chi connectivity index (χ4n) is 3.65. The lowest BCUT2D eigenvalue weighted by Crippen LogP contribution is -2.24. The molecule has 2 aromatic heterocycles. The molecule has 1 aliphatic carbocycles. The number of aryl methyl sites for hydroxylation is 1. The third-order valence-electron chi connectivity index (χ3n) is 5.37. The van der Waals surface area contributed by atoms with E-state index in [0.717, 1.165) is 67.5 Å². The Hall–Kier alpha value is -2.23. The smallest absolute Gasteiger partial charge is 0.131 e. The van der Waals surface area contributed by atoms with Crippen LogP contribution in [-0.2, 0) is 11.3 Å². The van der Waals surface area contributed by atoms with Crippen molar-refractivity contribution in [2.24, 2.45) is 5.92 Å². The quantitative estimate of drug-likeness (QED) is 0.723. The number of pyridine rings is 1. The normalized spacial score (nSPS) is 19.5. The molecule has 0 aromatic carbocycles. The molecule has 0 radical (unpaired) electrons. The minimum Gasteiger partial charge on any atom is -0.376 e. The molecule has 148 valence electrons. The minimum absolute atomic E-state index is 0.244. The van der Waals surface area contributed by atoms with E-state index in [9.17, 15) is 0 Å². The number of nitrogens with zero attached hydrogens (tertiary/aromatic N) is 5. The Kier molecular flexibility index (Phi) is 6.04. The second kappa shape index (κ2) is 8.85. The van der Waals surface area contributed by atoms with Gasteiger partial charge in [0.2, 0.25) is 0 Å². The highest BCUT2D eigenvalue weighted by atomic mass is 16.5.